The lowest BCUT2D eigenvalue weighted by molar-refractivity contribution is 0.0463. The van der Waals surface area contributed by atoms with Crippen molar-refractivity contribution in [3.8, 4) is 0 Å². The lowest BCUT2D eigenvalue weighted by Crippen LogP contribution is -2.55. The number of pyridine rings is 1. The molecule has 0 radical (unpaired) electrons. The third-order valence-corrected chi connectivity index (χ3v) is 5.10. The van der Waals surface area contributed by atoms with Crippen molar-refractivity contribution in [2.45, 2.75) is 50.2 Å². The third-order valence-electron chi connectivity index (χ3n) is 4.66. The van der Waals surface area contributed by atoms with Crippen molar-refractivity contribution in [1.82, 2.24) is 15.2 Å². The second-order valence-corrected chi connectivity index (χ2v) is 6.73. The number of nitrogens with one attached hydrogen (secondary N) is 1. The summed E-state index contributed by atoms with van der Waals surface area (Å²) >= 11 is 3.31. The zero-order valence-electron chi connectivity index (χ0n) is 11.7. The average molecular weight is 338 g/mol. The molecule has 2 bridgehead atoms. The zero-order chi connectivity index (χ0) is 14.1. The minimum Gasteiger partial charge on any atom is -0.349 e. The first-order valence-corrected chi connectivity index (χ1v) is 8.07. The maximum Gasteiger partial charge on any atom is 0.251 e. The van der Waals surface area contributed by atoms with Crippen LogP contribution in [0.5, 0.6) is 0 Å². The number of aromatic nitrogens is 1. The van der Waals surface area contributed by atoms with Crippen LogP contribution in [0, 0.1) is 0 Å². The van der Waals surface area contributed by atoms with Crippen molar-refractivity contribution in [3.63, 3.8) is 0 Å². The van der Waals surface area contributed by atoms with Crippen LogP contribution in [-0.2, 0) is 0 Å². The summed E-state index contributed by atoms with van der Waals surface area (Å²) in [5.74, 6) is 0.0146. The molecule has 4 nitrogen and oxygen atoms in total. The summed E-state index contributed by atoms with van der Waals surface area (Å²) in [5.41, 5.74) is 0.677. The molecular formula is C15H20BrN3O. The van der Waals surface area contributed by atoms with Crippen LogP contribution in [0.3, 0.4) is 0 Å². The molecule has 1 aromatic rings. The van der Waals surface area contributed by atoms with Gasteiger partial charge in [0.1, 0.15) is 4.60 Å². The Hall–Kier alpha value is -0.940. The van der Waals surface area contributed by atoms with Gasteiger partial charge < -0.3 is 10.2 Å². The van der Waals surface area contributed by atoms with Crippen LogP contribution in [-0.4, -0.2) is 41.0 Å². The first-order valence-electron chi connectivity index (χ1n) is 7.28. The number of hydrogen-bond donors (Lipinski definition) is 1. The summed E-state index contributed by atoms with van der Waals surface area (Å²) < 4.78 is 0.699. The third kappa shape index (κ3) is 2.88. The van der Waals surface area contributed by atoms with Gasteiger partial charge in [-0.2, -0.15) is 0 Å². The molecule has 1 aromatic heterocycles. The van der Waals surface area contributed by atoms with Gasteiger partial charge in [0, 0.05) is 29.9 Å². The molecule has 2 atom stereocenters. The molecule has 1 amide bonds. The molecule has 3 heterocycles. The van der Waals surface area contributed by atoms with E-state index in [1.54, 1.807) is 18.3 Å². The molecule has 3 rings (SSSR count). The molecule has 1 N–H and O–H groups in total. The number of rotatable bonds is 2. The first-order chi connectivity index (χ1) is 9.63. The van der Waals surface area contributed by atoms with E-state index in [1.165, 1.54) is 19.3 Å². The van der Waals surface area contributed by atoms with Crippen LogP contribution < -0.4 is 5.32 Å². The lowest BCUT2D eigenvalue weighted by atomic mass is 9.82. The summed E-state index contributed by atoms with van der Waals surface area (Å²) in [6.07, 6.45) is 7.66. The second kappa shape index (κ2) is 5.82. The van der Waals surface area contributed by atoms with E-state index >= 15 is 0 Å². The molecule has 0 aliphatic carbocycles. The molecule has 2 fully saturated rings. The van der Waals surface area contributed by atoms with Gasteiger partial charge in [-0.3, -0.25) is 4.79 Å². The van der Waals surface area contributed by atoms with E-state index in [1.807, 2.05) is 0 Å². The maximum absolute atomic E-state index is 12.3. The van der Waals surface area contributed by atoms with Gasteiger partial charge >= 0.3 is 0 Å². The van der Waals surface area contributed by atoms with E-state index in [2.05, 4.69) is 38.2 Å². The highest BCUT2D eigenvalue weighted by molar-refractivity contribution is 9.10. The molecule has 108 valence electrons. The van der Waals surface area contributed by atoms with Gasteiger partial charge in [-0.1, -0.05) is 6.42 Å². The van der Waals surface area contributed by atoms with Crippen molar-refractivity contribution < 1.29 is 4.79 Å². The Morgan fingerprint density at radius 3 is 2.75 bits per heavy atom. The summed E-state index contributed by atoms with van der Waals surface area (Å²) in [6, 6.07) is 5.11. The minimum atomic E-state index is 0.0146. The molecule has 0 aromatic carbocycles. The van der Waals surface area contributed by atoms with Crippen LogP contribution in [0.2, 0.25) is 0 Å². The van der Waals surface area contributed by atoms with Gasteiger partial charge in [-0.25, -0.2) is 4.98 Å². The highest BCUT2D eigenvalue weighted by Crippen LogP contribution is 2.32. The zero-order valence-corrected chi connectivity index (χ0v) is 13.3. The number of piperidine rings is 2. The molecule has 0 spiro atoms. The highest BCUT2D eigenvalue weighted by Gasteiger charge is 2.36. The van der Waals surface area contributed by atoms with E-state index in [-0.39, 0.29) is 5.91 Å². The standard InChI is InChI=1S/C15H20BrN3O/c1-19-12-3-2-4-13(19)9-11(8-12)18-15(20)10-5-6-17-14(16)7-10/h5-7,11-13H,2-4,8-9H2,1H3,(H,18,20). The number of carbonyl (C=O) groups is 1. The summed E-state index contributed by atoms with van der Waals surface area (Å²) in [6.45, 7) is 0. The summed E-state index contributed by atoms with van der Waals surface area (Å²) in [7, 11) is 2.23. The highest BCUT2D eigenvalue weighted by atomic mass is 79.9. The molecule has 0 saturated carbocycles. The average Bonchev–Trinajstić information content (AvgIpc) is 2.40. The van der Waals surface area contributed by atoms with Gasteiger partial charge in [-0.15, -0.1) is 0 Å². The number of halogens is 1. The fraction of sp³-hybridized carbons (Fsp3) is 0.600. The van der Waals surface area contributed by atoms with Crippen LogP contribution >= 0.6 is 15.9 Å². The fourth-order valence-electron chi connectivity index (χ4n) is 3.55. The number of hydrogen-bond acceptors (Lipinski definition) is 3. The van der Waals surface area contributed by atoms with Crippen molar-refractivity contribution in [1.29, 1.82) is 0 Å². The Labute approximate surface area is 128 Å². The molecule has 2 saturated heterocycles. The topological polar surface area (TPSA) is 45.2 Å². The van der Waals surface area contributed by atoms with Crippen LogP contribution in [0.15, 0.2) is 22.9 Å². The van der Waals surface area contributed by atoms with Gasteiger partial charge in [0.15, 0.2) is 0 Å². The Bertz CT molecular complexity index is 494. The van der Waals surface area contributed by atoms with E-state index in [9.17, 15) is 4.79 Å². The smallest absolute Gasteiger partial charge is 0.251 e. The number of carbonyl (C=O) groups excluding carboxylic acids is 1. The summed E-state index contributed by atoms with van der Waals surface area (Å²) in [5, 5.41) is 3.20. The maximum atomic E-state index is 12.3. The molecule has 2 aliphatic rings. The number of nitrogens with zero attached hydrogens (tertiary/aromatic N) is 2. The largest absolute Gasteiger partial charge is 0.349 e. The molecule has 2 aliphatic heterocycles. The van der Waals surface area contributed by atoms with Gasteiger partial charge in [0.2, 0.25) is 0 Å². The molecule has 20 heavy (non-hydrogen) atoms. The molecular weight excluding hydrogens is 318 g/mol. The minimum absolute atomic E-state index is 0.0146. The normalized spacial score (nSPS) is 30.0. The van der Waals surface area contributed by atoms with Crippen LogP contribution in [0.25, 0.3) is 0 Å². The van der Waals surface area contributed by atoms with Gasteiger partial charge in [0.05, 0.1) is 0 Å². The Morgan fingerprint density at radius 1 is 1.40 bits per heavy atom. The van der Waals surface area contributed by atoms with E-state index < -0.39 is 0 Å². The van der Waals surface area contributed by atoms with Crippen LogP contribution in [0.4, 0.5) is 0 Å². The van der Waals surface area contributed by atoms with E-state index in [4.69, 9.17) is 0 Å². The number of fused-ring (bicyclic) bond motifs is 2. The second-order valence-electron chi connectivity index (χ2n) is 5.91. The van der Waals surface area contributed by atoms with E-state index in [0.29, 0.717) is 28.3 Å². The van der Waals surface area contributed by atoms with Crippen molar-refractivity contribution in [2.24, 2.45) is 0 Å². The fourth-order valence-corrected chi connectivity index (χ4v) is 3.91. The van der Waals surface area contributed by atoms with Gasteiger partial charge in [-0.05, 0) is 60.8 Å². The van der Waals surface area contributed by atoms with Crippen molar-refractivity contribution in [2.75, 3.05) is 7.05 Å². The predicted octanol–water partition coefficient (Wildman–Crippen LogP) is 2.59. The monoisotopic (exact) mass is 337 g/mol. The Kier molecular flexibility index (Phi) is 4.08. The number of amides is 1. The van der Waals surface area contributed by atoms with Crippen molar-refractivity contribution in [3.05, 3.63) is 28.5 Å². The quantitative estimate of drug-likeness (QED) is 0.843. The SMILES string of the molecule is CN1C2CCCC1CC(NC(=O)c1ccnc(Br)c1)C2. The molecule has 2 unspecified atom stereocenters. The Morgan fingerprint density at radius 2 is 2.10 bits per heavy atom. The molecule has 5 heteroatoms. The summed E-state index contributed by atoms with van der Waals surface area (Å²) in [4.78, 5) is 18.9. The Balaban J connectivity index is 1.65. The predicted molar refractivity (Wildman–Crippen MR) is 81.6 cm³/mol. The van der Waals surface area contributed by atoms with Crippen LogP contribution in [0.1, 0.15) is 42.5 Å². The lowest BCUT2D eigenvalue weighted by Gasteiger charge is -2.47. The van der Waals surface area contributed by atoms with Gasteiger partial charge in [0.25, 0.3) is 5.91 Å². The van der Waals surface area contributed by atoms with E-state index in [0.717, 1.165) is 12.8 Å². The first kappa shape index (κ1) is 14.0. The van der Waals surface area contributed by atoms with Crippen molar-refractivity contribution >= 4 is 21.8 Å².